The standard InChI is InChI=1S/5C12H9NO/c1-8-2-3-11-10(6-8)9-4-5-13-7-12(9)14-11;1-8-2-3-9-10-4-5-13-7-12(10)14-11(9)6-8;1-8-3-2-4-10-12(8)9-5-6-13-7-11(9)14-10;1-8-3-2-4-10-9-5-6-13-7-11(9)14-12(8)10;1-8-6-13-7-10-9-4-2-3-5-11(9)14-12(8)10/h5*2-7H,1H3. The number of aromatic nitrogens is 5. The molecule has 0 bridgehead atoms. The summed E-state index contributed by atoms with van der Waals surface area (Å²) in [4.78, 5) is 20.3. The number of rotatable bonds is 0. The van der Waals surface area contributed by atoms with Crippen LogP contribution in [0.2, 0.25) is 0 Å². The second-order valence-electron chi connectivity index (χ2n) is 17.2. The van der Waals surface area contributed by atoms with Crippen LogP contribution in [0.1, 0.15) is 27.8 Å². The summed E-state index contributed by atoms with van der Waals surface area (Å²) in [6.45, 7) is 10.3. The molecule has 0 N–H and O–H groups in total. The van der Waals surface area contributed by atoms with E-state index in [1.54, 1.807) is 49.6 Å². The number of fused-ring (bicyclic) bond motifs is 15. The summed E-state index contributed by atoms with van der Waals surface area (Å²) in [7, 11) is 0. The Bertz CT molecular complexity index is 4200. The predicted octanol–water partition coefficient (Wildman–Crippen LogP) is 16.4. The number of para-hydroxylation sites is 2. The van der Waals surface area contributed by atoms with Gasteiger partial charge in [-0.05, 0) is 106 Å². The van der Waals surface area contributed by atoms with Crippen molar-refractivity contribution >= 4 is 110 Å². The Hall–Kier alpha value is -9.15. The van der Waals surface area contributed by atoms with Gasteiger partial charge in [-0.1, -0.05) is 72.3 Å². The molecule has 0 atom stereocenters. The van der Waals surface area contributed by atoms with E-state index >= 15 is 0 Å². The fourth-order valence-electron chi connectivity index (χ4n) is 8.90. The molecule has 10 nitrogen and oxygen atoms in total. The van der Waals surface area contributed by atoms with E-state index in [0.717, 1.165) is 99.1 Å². The van der Waals surface area contributed by atoms with Crippen molar-refractivity contribution in [2.75, 3.05) is 0 Å². The molecule has 0 saturated carbocycles. The van der Waals surface area contributed by atoms with Crippen molar-refractivity contribution in [3.8, 4) is 0 Å². The highest BCUT2D eigenvalue weighted by atomic mass is 16.3. The van der Waals surface area contributed by atoms with Crippen LogP contribution < -0.4 is 0 Å². The number of hydrogen-bond donors (Lipinski definition) is 0. The number of hydrogen-bond acceptors (Lipinski definition) is 10. The minimum Gasteiger partial charge on any atom is -0.456 e. The maximum Gasteiger partial charge on any atom is 0.153 e. The topological polar surface area (TPSA) is 130 Å². The number of aryl methyl sites for hydroxylation is 5. The van der Waals surface area contributed by atoms with Gasteiger partial charge in [-0.3, -0.25) is 24.9 Å². The molecule has 0 aliphatic carbocycles. The lowest BCUT2D eigenvalue weighted by Crippen LogP contribution is -1.75. The van der Waals surface area contributed by atoms with Crippen LogP contribution >= 0.6 is 0 Å². The van der Waals surface area contributed by atoms with Crippen molar-refractivity contribution in [3.05, 3.63) is 211 Å². The van der Waals surface area contributed by atoms with E-state index in [0.29, 0.717) is 0 Å². The molecule has 0 aliphatic heterocycles. The fraction of sp³-hybridized carbons (Fsp3) is 0.0833. The summed E-state index contributed by atoms with van der Waals surface area (Å²) in [5, 5.41) is 11.5. The number of nitrogens with zero attached hydrogens (tertiary/aromatic N) is 5. The molecule has 0 aliphatic rings. The molecular weight excluding hydrogens is 871 g/mol. The Morgan fingerprint density at radius 1 is 0.271 bits per heavy atom. The van der Waals surface area contributed by atoms with Gasteiger partial charge in [0.1, 0.15) is 33.5 Å². The van der Waals surface area contributed by atoms with Gasteiger partial charge in [0.2, 0.25) is 0 Å². The van der Waals surface area contributed by atoms with Gasteiger partial charge >= 0.3 is 0 Å². The molecule has 340 valence electrons. The summed E-state index contributed by atoms with van der Waals surface area (Å²) >= 11 is 0. The highest BCUT2D eigenvalue weighted by Crippen LogP contribution is 2.33. The first-order valence-electron chi connectivity index (χ1n) is 22.9. The Kier molecular flexibility index (Phi) is 11.5. The quantitative estimate of drug-likeness (QED) is 0.145. The Balaban J connectivity index is 0.0000000952. The molecule has 0 radical (unpaired) electrons. The van der Waals surface area contributed by atoms with Crippen molar-refractivity contribution < 1.29 is 22.1 Å². The number of furan rings is 5. The Labute approximate surface area is 400 Å². The monoisotopic (exact) mass is 915 g/mol. The molecule has 0 amide bonds. The normalized spacial score (nSPS) is 11.2. The molecule has 10 aromatic heterocycles. The van der Waals surface area contributed by atoms with E-state index in [4.69, 9.17) is 22.1 Å². The van der Waals surface area contributed by atoms with Gasteiger partial charge in [0.25, 0.3) is 0 Å². The summed E-state index contributed by atoms with van der Waals surface area (Å²) in [6.07, 6.45) is 17.9. The van der Waals surface area contributed by atoms with Crippen LogP contribution in [0.3, 0.4) is 0 Å². The van der Waals surface area contributed by atoms with E-state index in [9.17, 15) is 0 Å². The third-order valence-electron chi connectivity index (χ3n) is 12.3. The van der Waals surface area contributed by atoms with Gasteiger partial charge in [-0.25, -0.2) is 0 Å². The van der Waals surface area contributed by atoms with Gasteiger partial charge in [-0.15, -0.1) is 0 Å². The lowest BCUT2D eigenvalue weighted by molar-refractivity contribution is 0.663. The van der Waals surface area contributed by atoms with Crippen molar-refractivity contribution in [2.45, 2.75) is 34.6 Å². The third kappa shape index (κ3) is 8.32. The summed E-state index contributed by atoms with van der Waals surface area (Å²) in [6, 6.07) is 40.7. The molecular formula is C60H45N5O5. The summed E-state index contributed by atoms with van der Waals surface area (Å²) in [5.41, 5.74) is 15.0. The predicted molar refractivity (Wildman–Crippen MR) is 281 cm³/mol. The maximum absolute atomic E-state index is 5.74. The van der Waals surface area contributed by atoms with E-state index in [1.165, 1.54) is 38.4 Å². The van der Waals surface area contributed by atoms with Crippen LogP contribution in [0.15, 0.2) is 205 Å². The zero-order chi connectivity index (χ0) is 47.7. The first-order valence-corrected chi connectivity index (χ1v) is 22.9. The van der Waals surface area contributed by atoms with Crippen molar-refractivity contribution in [3.63, 3.8) is 0 Å². The van der Waals surface area contributed by atoms with Gasteiger partial charge in [0.05, 0.1) is 24.8 Å². The van der Waals surface area contributed by atoms with Crippen LogP contribution in [0, 0.1) is 34.6 Å². The first kappa shape index (κ1) is 43.4. The maximum atomic E-state index is 5.74. The van der Waals surface area contributed by atoms with Crippen molar-refractivity contribution in [1.82, 2.24) is 24.9 Å². The zero-order valence-corrected chi connectivity index (χ0v) is 39.1. The lowest BCUT2D eigenvalue weighted by atomic mass is 10.1. The van der Waals surface area contributed by atoms with E-state index in [-0.39, 0.29) is 0 Å². The fourth-order valence-corrected chi connectivity index (χ4v) is 8.90. The molecule has 15 rings (SSSR count). The van der Waals surface area contributed by atoms with E-state index in [1.807, 2.05) is 86.0 Å². The van der Waals surface area contributed by atoms with Gasteiger partial charge < -0.3 is 22.1 Å². The average molecular weight is 916 g/mol. The summed E-state index contributed by atoms with van der Waals surface area (Å²) in [5.74, 6) is 0. The van der Waals surface area contributed by atoms with Gasteiger partial charge in [-0.2, -0.15) is 0 Å². The SMILES string of the molecule is Cc1ccc2c(c1)oc1cnccc12.Cc1ccc2oc3cnccc3c2c1.Cc1cccc2c1oc1cnccc12.Cc1cccc2oc3cnccc3c12.Cc1cncc2c1oc1ccccc12. The van der Waals surface area contributed by atoms with Crippen LogP contribution in [0.4, 0.5) is 0 Å². The zero-order valence-electron chi connectivity index (χ0n) is 39.1. The molecule has 10 heteroatoms. The van der Waals surface area contributed by atoms with Gasteiger partial charge in [0.15, 0.2) is 22.3 Å². The minimum absolute atomic E-state index is 0.855. The molecule has 0 fully saturated rings. The smallest absolute Gasteiger partial charge is 0.153 e. The molecule has 10 heterocycles. The average Bonchev–Trinajstić information content (AvgIpc) is 4.22. The largest absolute Gasteiger partial charge is 0.456 e. The van der Waals surface area contributed by atoms with Crippen LogP contribution in [-0.4, -0.2) is 24.9 Å². The first-order chi connectivity index (χ1) is 34.3. The minimum atomic E-state index is 0.855. The third-order valence-corrected chi connectivity index (χ3v) is 12.3. The summed E-state index contributed by atoms with van der Waals surface area (Å²) < 4.78 is 28.5. The Morgan fingerprint density at radius 2 is 0.757 bits per heavy atom. The molecule has 0 unspecified atom stereocenters. The van der Waals surface area contributed by atoms with Gasteiger partial charge in [0, 0.05) is 96.6 Å². The van der Waals surface area contributed by atoms with E-state index in [2.05, 4.69) is 107 Å². The number of benzene rings is 5. The number of pyridine rings is 5. The molecule has 0 spiro atoms. The second-order valence-corrected chi connectivity index (χ2v) is 17.2. The molecule has 15 aromatic rings. The highest BCUT2D eigenvalue weighted by molar-refractivity contribution is 6.08. The molecule has 70 heavy (non-hydrogen) atoms. The highest BCUT2D eigenvalue weighted by Gasteiger charge is 2.11. The Morgan fingerprint density at radius 3 is 1.51 bits per heavy atom. The molecule has 5 aromatic carbocycles. The van der Waals surface area contributed by atoms with Crippen LogP contribution in [0.5, 0.6) is 0 Å². The second kappa shape index (κ2) is 18.5. The van der Waals surface area contributed by atoms with Crippen LogP contribution in [0.25, 0.3) is 110 Å². The molecule has 0 saturated heterocycles. The van der Waals surface area contributed by atoms with Crippen LogP contribution in [-0.2, 0) is 0 Å². The van der Waals surface area contributed by atoms with Crippen molar-refractivity contribution in [2.24, 2.45) is 0 Å². The van der Waals surface area contributed by atoms with E-state index < -0.39 is 0 Å². The van der Waals surface area contributed by atoms with Crippen molar-refractivity contribution in [1.29, 1.82) is 0 Å². The lowest BCUT2D eigenvalue weighted by Gasteiger charge is -1.93.